The minimum absolute atomic E-state index is 0.0414. The van der Waals surface area contributed by atoms with E-state index in [1.807, 2.05) is 0 Å². The zero-order chi connectivity index (χ0) is 10.8. The molecule has 0 spiro atoms. The van der Waals surface area contributed by atoms with Gasteiger partial charge >= 0.3 is 5.97 Å². The Hall–Kier alpha value is -0.170. The highest BCUT2D eigenvalue weighted by molar-refractivity contribution is 14.2. The number of hydrogen-bond donors (Lipinski definition) is 0. The van der Waals surface area contributed by atoms with E-state index in [0.717, 1.165) is 19.3 Å². The van der Waals surface area contributed by atoms with Crippen LogP contribution in [-0.2, 0) is 22.4 Å². The lowest BCUT2D eigenvalue weighted by Gasteiger charge is -2.21. The summed E-state index contributed by atoms with van der Waals surface area (Å²) in [7, 11) is 3.11. The number of carbonyl (C=O) groups is 1. The van der Waals surface area contributed by atoms with Gasteiger partial charge in [-0.15, -0.1) is 0 Å². The molecule has 1 atom stereocenters. The van der Waals surface area contributed by atoms with Crippen LogP contribution in [0, 0.1) is 5.92 Å². The van der Waals surface area contributed by atoms with Gasteiger partial charge in [-0.1, -0.05) is 0 Å². The molecule has 1 aliphatic rings. The van der Waals surface area contributed by atoms with Crippen molar-refractivity contribution >= 4 is 36.3 Å². The lowest BCUT2D eigenvalue weighted by Crippen LogP contribution is -2.24. The van der Waals surface area contributed by atoms with Crippen molar-refractivity contribution in [1.29, 1.82) is 0 Å². The largest absolute Gasteiger partial charge is 0.469 e. The van der Waals surface area contributed by atoms with Gasteiger partial charge in [0.2, 0.25) is 0 Å². The predicted octanol–water partition coefficient (Wildman–Crippen LogP) is 2.61. The zero-order valence-electron chi connectivity index (χ0n) is 8.40. The Bertz CT molecular complexity index is 364. The monoisotopic (exact) mass is 337 g/mol. The second kappa shape index (κ2) is 4.78. The molecule has 0 bridgehead atoms. The van der Waals surface area contributed by atoms with E-state index in [1.165, 1.54) is 18.4 Å². The Labute approximate surface area is 105 Å². The Balaban J connectivity index is 2.20. The minimum Gasteiger partial charge on any atom is -0.469 e. The number of ether oxygens (including phenoxy) is 1. The number of aryl methyl sites for hydroxylation is 1. The molecule has 5 heteroatoms. The van der Waals surface area contributed by atoms with Crippen molar-refractivity contribution in [2.24, 2.45) is 5.92 Å². The molecule has 0 aromatic carbocycles. The maximum atomic E-state index is 11.5. The quantitative estimate of drug-likeness (QED) is 0.614. The van der Waals surface area contributed by atoms with Crippen molar-refractivity contribution in [3.05, 3.63) is 23.5 Å². The Morgan fingerprint density at radius 3 is 3.20 bits per heavy atom. The van der Waals surface area contributed by atoms with E-state index in [0.29, 0.717) is 0 Å². The average Bonchev–Trinajstić information content (AvgIpc) is 2.69. The first-order valence-electron chi connectivity index (χ1n) is 4.82. The fraction of sp³-hybridized carbons (Fsp3) is 0.500. The first-order chi connectivity index (χ1) is 7.26. The van der Waals surface area contributed by atoms with Crippen molar-refractivity contribution in [2.45, 2.75) is 19.3 Å². The highest BCUT2D eigenvalue weighted by Gasteiger charge is 2.27. The zero-order valence-corrected chi connectivity index (χ0v) is 11.4. The molecule has 0 radical (unpaired) electrons. The number of esters is 1. The highest BCUT2D eigenvalue weighted by atomic mass is 127. The Kier molecular flexibility index (Phi) is 3.60. The molecule has 1 heterocycles. The van der Waals surface area contributed by atoms with Crippen LogP contribution >= 0.6 is 30.3 Å². The van der Waals surface area contributed by atoms with Crippen LogP contribution in [0.1, 0.15) is 17.7 Å². The van der Waals surface area contributed by atoms with Gasteiger partial charge in [0.15, 0.2) is 0 Å². The van der Waals surface area contributed by atoms with Crippen LogP contribution in [0.2, 0.25) is 0 Å². The molecule has 0 amide bonds. The fourth-order valence-corrected chi connectivity index (χ4v) is 3.52. The molecular formula is C10H12INO2S. The van der Waals surface area contributed by atoms with Crippen LogP contribution in [0.25, 0.3) is 0 Å². The summed E-state index contributed by atoms with van der Waals surface area (Å²) in [6, 6.07) is 2.15. The molecule has 0 saturated carbocycles. The second-order valence-electron chi connectivity index (χ2n) is 3.65. The third-order valence-electron chi connectivity index (χ3n) is 2.86. The fourth-order valence-electron chi connectivity index (χ4n) is 2.03. The summed E-state index contributed by atoms with van der Waals surface area (Å²) in [5.74, 6) is -0.0356. The number of carbonyl (C=O) groups excluding carboxylic acids is 1. The molecule has 15 heavy (non-hydrogen) atoms. The summed E-state index contributed by atoms with van der Waals surface area (Å²) in [4.78, 5) is 11.5. The third kappa shape index (κ3) is 2.18. The lowest BCUT2D eigenvalue weighted by molar-refractivity contribution is -0.145. The van der Waals surface area contributed by atoms with Gasteiger partial charge in [0.1, 0.15) is 0 Å². The molecule has 1 unspecified atom stereocenters. The van der Waals surface area contributed by atoms with Crippen molar-refractivity contribution in [3.63, 3.8) is 0 Å². The van der Waals surface area contributed by atoms with Gasteiger partial charge in [0.25, 0.3) is 0 Å². The highest BCUT2D eigenvalue weighted by Crippen LogP contribution is 2.31. The van der Waals surface area contributed by atoms with Crippen LogP contribution in [0.15, 0.2) is 12.3 Å². The van der Waals surface area contributed by atoms with Gasteiger partial charge in [-0.25, -0.2) is 0 Å². The van der Waals surface area contributed by atoms with Crippen molar-refractivity contribution < 1.29 is 9.53 Å². The summed E-state index contributed by atoms with van der Waals surface area (Å²) in [5, 5.41) is 0. The SMILES string of the molecule is COC(=O)C1CCc2ccn(SI)c2C1. The number of methoxy groups -OCH3 is 1. The molecule has 1 aliphatic carbocycles. The summed E-state index contributed by atoms with van der Waals surface area (Å²) < 4.78 is 6.93. The smallest absolute Gasteiger partial charge is 0.309 e. The molecule has 0 saturated heterocycles. The van der Waals surface area contributed by atoms with Crippen LogP contribution in [0.3, 0.4) is 0 Å². The van der Waals surface area contributed by atoms with Gasteiger partial charge < -0.3 is 4.74 Å². The molecule has 3 nitrogen and oxygen atoms in total. The first kappa shape index (κ1) is 11.3. The number of aromatic nitrogens is 1. The summed E-state index contributed by atoms with van der Waals surface area (Å²) >= 11 is 2.25. The lowest BCUT2D eigenvalue weighted by atomic mass is 9.88. The van der Waals surface area contributed by atoms with E-state index in [-0.39, 0.29) is 11.9 Å². The summed E-state index contributed by atoms with van der Waals surface area (Å²) in [6.45, 7) is 0. The standard InChI is InChI=1S/C10H12INO2S/c1-14-10(13)8-3-2-7-4-5-12(15-11)9(7)6-8/h4-5,8H,2-3,6H2,1H3. The van der Waals surface area contributed by atoms with Crippen LogP contribution < -0.4 is 0 Å². The van der Waals surface area contributed by atoms with Gasteiger partial charge in [-0.3, -0.25) is 8.77 Å². The van der Waals surface area contributed by atoms with Crippen LogP contribution in [0.5, 0.6) is 0 Å². The minimum atomic E-state index is -0.0770. The van der Waals surface area contributed by atoms with Crippen LogP contribution in [-0.4, -0.2) is 17.1 Å². The van der Waals surface area contributed by atoms with Gasteiger partial charge in [-0.05, 0) is 24.5 Å². The van der Waals surface area contributed by atoms with Crippen molar-refractivity contribution in [3.8, 4) is 0 Å². The van der Waals surface area contributed by atoms with Crippen molar-refractivity contribution in [1.82, 2.24) is 3.97 Å². The number of rotatable bonds is 2. The van der Waals surface area contributed by atoms with Crippen molar-refractivity contribution in [2.75, 3.05) is 7.11 Å². The van der Waals surface area contributed by atoms with Gasteiger partial charge in [-0.2, -0.15) is 0 Å². The summed E-state index contributed by atoms with van der Waals surface area (Å²) in [5.41, 5.74) is 2.65. The summed E-state index contributed by atoms with van der Waals surface area (Å²) in [6.07, 6.45) is 4.78. The van der Waals surface area contributed by atoms with E-state index < -0.39 is 0 Å². The third-order valence-corrected chi connectivity index (χ3v) is 4.62. The molecule has 1 aromatic rings. The molecule has 2 rings (SSSR count). The Morgan fingerprint density at radius 2 is 2.53 bits per heavy atom. The first-order valence-corrected chi connectivity index (χ1v) is 8.14. The maximum Gasteiger partial charge on any atom is 0.309 e. The number of halogens is 1. The molecule has 0 fully saturated rings. The number of hydrogen-bond acceptors (Lipinski definition) is 3. The number of nitrogens with zero attached hydrogens (tertiary/aromatic N) is 1. The molecule has 0 N–H and O–H groups in total. The topological polar surface area (TPSA) is 31.2 Å². The van der Waals surface area contributed by atoms with E-state index in [1.54, 1.807) is 9.12 Å². The normalized spacial score (nSPS) is 19.7. The average molecular weight is 337 g/mol. The van der Waals surface area contributed by atoms with Gasteiger partial charge in [0.05, 0.1) is 13.0 Å². The second-order valence-corrected chi connectivity index (χ2v) is 5.36. The maximum absolute atomic E-state index is 11.5. The molecular weight excluding hydrogens is 325 g/mol. The molecule has 82 valence electrons. The Morgan fingerprint density at radius 1 is 1.73 bits per heavy atom. The predicted molar refractivity (Wildman–Crippen MR) is 69.0 cm³/mol. The van der Waals surface area contributed by atoms with Crippen LogP contribution in [0.4, 0.5) is 0 Å². The van der Waals surface area contributed by atoms with Gasteiger partial charge in [0, 0.05) is 48.6 Å². The number of fused-ring (bicyclic) bond motifs is 1. The van der Waals surface area contributed by atoms with E-state index >= 15 is 0 Å². The van der Waals surface area contributed by atoms with E-state index in [9.17, 15) is 4.79 Å². The van der Waals surface area contributed by atoms with E-state index in [4.69, 9.17) is 4.74 Å². The van der Waals surface area contributed by atoms with E-state index in [2.05, 4.69) is 37.4 Å². The molecule has 1 aromatic heterocycles. The molecule has 0 aliphatic heterocycles.